The molecule has 2 aromatic heterocycles. The number of hydrogen-bond acceptors (Lipinski definition) is 4. The molecular formula is C16H21N5O. The minimum atomic E-state index is -0.181. The third kappa shape index (κ3) is 3.16. The summed E-state index contributed by atoms with van der Waals surface area (Å²) in [6.07, 6.45) is 9.18. The Labute approximate surface area is 130 Å². The van der Waals surface area contributed by atoms with E-state index in [0.29, 0.717) is 0 Å². The van der Waals surface area contributed by atoms with Crippen LogP contribution in [0.1, 0.15) is 48.4 Å². The number of carbonyl (C=O) groups excluding carboxylic acids is 1. The van der Waals surface area contributed by atoms with Crippen LogP contribution in [-0.4, -0.2) is 31.5 Å². The van der Waals surface area contributed by atoms with E-state index >= 15 is 0 Å². The van der Waals surface area contributed by atoms with Crippen LogP contribution in [0, 0.1) is 6.92 Å². The molecule has 6 heteroatoms. The molecule has 0 spiro atoms. The van der Waals surface area contributed by atoms with Crippen molar-refractivity contribution in [1.82, 2.24) is 24.8 Å². The normalized spacial score (nSPS) is 15.7. The van der Waals surface area contributed by atoms with Gasteiger partial charge in [0.2, 0.25) is 5.82 Å². The number of rotatable bonds is 3. The molecule has 1 N–H and O–H groups in total. The lowest BCUT2D eigenvalue weighted by atomic mass is 9.95. The highest BCUT2D eigenvalue weighted by Crippen LogP contribution is 2.19. The van der Waals surface area contributed by atoms with Gasteiger partial charge in [-0.2, -0.15) is 0 Å². The van der Waals surface area contributed by atoms with Gasteiger partial charge in [0.15, 0.2) is 0 Å². The van der Waals surface area contributed by atoms with Gasteiger partial charge in [0.1, 0.15) is 0 Å². The summed E-state index contributed by atoms with van der Waals surface area (Å²) in [4.78, 5) is 25.2. The van der Waals surface area contributed by atoms with Crippen LogP contribution in [0.5, 0.6) is 0 Å². The maximum absolute atomic E-state index is 12.4. The predicted molar refractivity (Wildman–Crippen MR) is 83.3 cm³/mol. The van der Waals surface area contributed by atoms with E-state index in [-0.39, 0.29) is 17.8 Å². The van der Waals surface area contributed by atoms with Gasteiger partial charge in [0.05, 0.1) is 23.9 Å². The Bertz CT molecular complexity index is 673. The molecule has 0 aliphatic heterocycles. The Hall–Kier alpha value is -2.24. The first-order valence-corrected chi connectivity index (χ1v) is 7.77. The van der Waals surface area contributed by atoms with Crippen LogP contribution >= 0.6 is 0 Å². The molecule has 1 saturated carbocycles. The molecule has 0 saturated heterocycles. The molecule has 0 aromatic carbocycles. The second-order valence-corrected chi connectivity index (χ2v) is 5.92. The van der Waals surface area contributed by atoms with Crippen molar-refractivity contribution in [3.8, 4) is 11.4 Å². The molecule has 1 aliphatic rings. The third-order valence-electron chi connectivity index (χ3n) is 4.08. The van der Waals surface area contributed by atoms with Gasteiger partial charge in [-0.05, 0) is 25.8 Å². The number of carbonyl (C=O) groups is 1. The Morgan fingerprint density at radius 2 is 2.05 bits per heavy atom. The standard InChI is InChI=1S/C16H21N5O/c1-11-8-13(14-9-17-10-21(14)2)20-15(18-11)16(22)19-12-6-4-3-5-7-12/h8-10,12H,3-7H2,1-2H3,(H,19,22). The quantitative estimate of drug-likeness (QED) is 0.943. The third-order valence-corrected chi connectivity index (χ3v) is 4.08. The maximum Gasteiger partial charge on any atom is 0.289 e. The van der Waals surface area contributed by atoms with E-state index in [4.69, 9.17) is 0 Å². The van der Waals surface area contributed by atoms with Gasteiger partial charge in [-0.3, -0.25) is 4.79 Å². The van der Waals surface area contributed by atoms with Gasteiger partial charge in [0, 0.05) is 18.8 Å². The summed E-state index contributed by atoms with van der Waals surface area (Å²) in [5.41, 5.74) is 2.37. The minimum absolute atomic E-state index is 0.181. The van der Waals surface area contributed by atoms with Crippen LogP contribution in [0.3, 0.4) is 0 Å². The smallest absolute Gasteiger partial charge is 0.289 e. The number of hydrogen-bond donors (Lipinski definition) is 1. The fraction of sp³-hybridized carbons (Fsp3) is 0.500. The lowest BCUT2D eigenvalue weighted by Gasteiger charge is -2.22. The van der Waals surface area contributed by atoms with E-state index in [1.54, 1.807) is 12.5 Å². The molecule has 3 rings (SSSR count). The number of nitrogens with one attached hydrogen (secondary N) is 1. The molecule has 0 atom stereocenters. The van der Waals surface area contributed by atoms with Crippen molar-refractivity contribution < 1.29 is 4.79 Å². The first-order valence-electron chi connectivity index (χ1n) is 7.77. The number of amides is 1. The van der Waals surface area contributed by atoms with Crippen molar-refractivity contribution in [2.24, 2.45) is 7.05 Å². The summed E-state index contributed by atoms with van der Waals surface area (Å²) in [5, 5.41) is 3.06. The SMILES string of the molecule is Cc1cc(-c2cncn2C)nc(C(=O)NC2CCCCC2)n1. The van der Waals surface area contributed by atoms with Crippen molar-refractivity contribution in [2.75, 3.05) is 0 Å². The van der Waals surface area contributed by atoms with Crippen molar-refractivity contribution >= 4 is 5.91 Å². The molecule has 1 fully saturated rings. The van der Waals surface area contributed by atoms with E-state index in [1.807, 2.05) is 24.6 Å². The summed E-state index contributed by atoms with van der Waals surface area (Å²) in [7, 11) is 1.90. The molecule has 22 heavy (non-hydrogen) atoms. The average Bonchev–Trinajstić information content (AvgIpc) is 2.94. The Kier molecular flexibility index (Phi) is 4.18. The Balaban J connectivity index is 1.82. The first kappa shape index (κ1) is 14.7. The Morgan fingerprint density at radius 1 is 1.27 bits per heavy atom. The van der Waals surface area contributed by atoms with E-state index in [2.05, 4.69) is 20.3 Å². The van der Waals surface area contributed by atoms with Crippen molar-refractivity contribution in [3.63, 3.8) is 0 Å². The number of aryl methyl sites for hydroxylation is 2. The highest BCUT2D eigenvalue weighted by Gasteiger charge is 2.19. The summed E-state index contributed by atoms with van der Waals surface area (Å²) in [6, 6.07) is 2.12. The van der Waals surface area contributed by atoms with Crippen LogP contribution in [0.25, 0.3) is 11.4 Å². The monoisotopic (exact) mass is 299 g/mol. The molecule has 0 radical (unpaired) electrons. The van der Waals surface area contributed by atoms with Crippen LogP contribution in [-0.2, 0) is 7.05 Å². The number of nitrogens with zero attached hydrogens (tertiary/aromatic N) is 4. The topological polar surface area (TPSA) is 72.7 Å². The molecule has 1 amide bonds. The van der Waals surface area contributed by atoms with E-state index < -0.39 is 0 Å². The summed E-state index contributed by atoms with van der Waals surface area (Å²) in [6.45, 7) is 1.87. The maximum atomic E-state index is 12.4. The molecule has 116 valence electrons. The first-order chi connectivity index (χ1) is 10.6. The fourth-order valence-electron chi connectivity index (χ4n) is 2.90. The molecule has 0 unspecified atom stereocenters. The number of aromatic nitrogens is 4. The van der Waals surface area contributed by atoms with Crippen molar-refractivity contribution in [1.29, 1.82) is 0 Å². The van der Waals surface area contributed by atoms with Gasteiger partial charge in [-0.15, -0.1) is 0 Å². The summed E-state index contributed by atoms with van der Waals surface area (Å²) in [5.74, 6) is 0.0563. The largest absolute Gasteiger partial charge is 0.347 e. The van der Waals surface area contributed by atoms with Crippen molar-refractivity contribution in [2.45, 2.75) is 45.1 Å². The van der Waals surface area contributed by atoms with E-state index in [0.717, 1.165) is 29.9 Å². The molecule has 1 aliphatic carbocycles. The molecular weight excluding hydrogens is 278 g/mol. The molecule has 2 aromatic rings. The Morgan fingerprint density at radius 3 is 2.73 bits per heavy atom. The lowest BCUT2D eigenvalue weighted by Crippen LogP contribution is -2.37. The lowest BCUT2D eigenvalue weighted by molar-refractivity contribution is 0.0917. The van der Waals surface area contributed by atoms with Crippen LogP contribution < -0.4 is 5.32 Å². The van der Waals surface area contributed by atoms with Crippen molar-refractivity contribution in [3.05, 3.63) is 30.1 Å². The van der Waals surface area contributed by atoms with Crippen LogP contribution in [0.15, 0.2) is 18.6 Å². The summed E-state index contributed by atoms with van der Waals surface area (Å²) < 4.78 is 1.88. The van der Waals surface area contributed by atoms with Gasteiger partial charge in [-0.25, -0.2) is 15.0 Å². The molecule has 0 bridgehead atoms. The predicted octanol–water partition coefficient (Wildman–Crippen LogP) is 2.25. The average molecular weight is 299 g/mol. The summed E-state index contributed by atoms with van der Waals surface area (Å²) >= 11 is 0. The van der Waals surface area contributed by atoms with Crippen LogP contribution in [0.2, 0.25) is 0 Å². The van der Waals surface area contributed by atoms with Gasteiger partial charge < -0.3 is 9.88 Å². The van der Waals surface area contributed by atoms with E-state index in [9.17, 15) is 4.79 Å². The zero-order chi connectivity index (χ0) is 15.5. The molecule has 6 nitrogen and oxygen atoms in total. The second-order valence-electron chi connectivity index (χ2n) is 5.92. The zero-order valence-electron chi connectivity index (χ0n) is 13.0. The minimum Gasteiger partial charge on any atom is -0.347 e. The fourth-order valence-corrected chi connectivity index (χ4v) is 2.90. The van der Waals surface area contributed by atoms with Gasteiger partial charge >= 0.3 is 0 Å². The number of imidazole rings is 1. The van der Waals surface area contributed by atoms with E-state index in [1.165, 1.54) is 19.3 Å². The van der Waals surface area contributed by atoms with Gasteiger partial charge in [0.25, 0.3) is 5.91 Å². The highest BCUT2D eigenvalue weighted by molar-refractivity contribution is 5.91. The zero-order valence-corrected chi connectivity index (χ0v) is 13.0. The van der Waals surface area contributed by atoms with Gasteiger partial charge in [-0.1, -0.05) is 19.3 Å². The second kappa shape index (κ2) is 6.25. The van der Waals surface area contributed by atoms with Crippen LogP contribution in [0.4, 0.5) is 0 Å². The molecule has 2 heterocycles. The highest BCUT2D eigenvalue weighted by atomic mass is 16.2.